The van der Waals surface area contributed by atoms with Crippen molar-refractivity contribution >= 4 is 35.7 Å². The summed E-state index contributed by atoms with van der Waals surface area (Å²) in [4.78, 5) is 20.7. The Morgan fingerprint density at radius 1 is 1.27 bits per heavy atom. The molecule has 1 aromatic carbocycles. The van der Waals surface area contributed by atoms with Gasteiger partial charge in [0.1, 0.15) is 5.69 Å². The van der Waals surface area contributed by atoms with Crippen LogP contribution in [0.1, 0.15) is 12.5 Å². The Labute approximate surface area is 134 Å². The van der Waals surface area contributed by atoms with E-state index in [1.807, 2.05) is 30.3 Å². The third-order valence-corrected chi connectivity index (χ3v) is 2.97. The quantitative estimate of drug-likeness (QED) is 0.924. The molecule has 0 spiro atoms. The monoisotopic (exact) mass is 318 g/mol. The summed E-state index contributed by atoms with van der Waals surface area (Å²) < 4.78 is 5.07. The van der Waals surface area contributed by atoms with E-state index < -0.39 is 6.09 Å². The highest BCUT2D eigenvalue weighted by atomic mass is 35.5. The Balaban J connectivity index is 0.00000176. The molecule has 2 aromatic rings. The van der Waals surface area contributed by atoms with Crippen molar-refractivity contribution < 1.29 is 9.53 Å². The van der Waals surface area contributed by atoms with E-state index in [0.717, 1.165) is 5.56 Å². The number of hydrazine groups is 1. The molecule has 114 valence electrons. The average Bonchev–Trinajstić information content (AvgIpc) is 2.55. The molecule has 0 fully saturated rings. The topological polar surface area (TPSA) is 66.8 Å². The molecule has 0 saturated carbocycles. The fraction of sp³-hybridized carbons (Fsp3) is 0.133. The largest absolute Gasteiger partial charge is 0.448 e. The molecular formula is C15H15ClN4O2. The standard InChI is InChI=1S/C15H14N4O2.ClH/c1-2-21-15(20)19-13-8-9-16-10-12(13)17-14(18-19)11-6-4-3-5-7-11;/h3-10H,2H2,1H3,(H,17,18);1H. The Morgan fingerprint density at radius 3 is 2.77 bits per heavy atom. The van der Waals surface area contributed by atoms with Gasteiger partial charge in [0.05, 0.1) is 18.5 Å². The zero-order valence-electron chi connectivity index (χ0n) is 11.9. The predicted molar refractivity (Wildman–Crippen MR) is 86.8 cm³/mol. The van der Waals surface area contributed by atoms with Crippen LogP contribution in [0.2, 0.25) is 0 Å². The number of carbonyl (C=O) groups is 1. The third-order valence-electron chi connectivity index (χ3n) is 2.97. The number of fused-ring (bicyclic) bond motifs is 1. The smallest absolute Gasteiger partial charge is 0.433 e. The van der Waals surface area contributed by atoms with E-state index >= 15 is 0 Å². The van der Waals surface area contributed by atoms with E-state index in [4.69, 9.17) is 4.74 Å². The molecule has 0 saturated heterocycles. The number of nitrogens with one attached hydrogen (secondary N) is 1. The molecule has 1 N–H and O–H groups in total. The average molecular weight is 319 g/mol. The number of carbonyl (C=O) groups excluding carboxylic acids is 1. The van der Waals surface area contributed by atoms with Crippen molar-refractivity contribution in [1.29, 1.82) is 0 Å². The highest BCUT2D eigenvalue weighted by Crippen LogP contribution is 2.30. The summed E-state index contributed by atoms with van der Waals surface area (Å²) in [6, 6.07) is 11.3. The summed E-state index contributed by atoms with van der Waals surface area (Å²) in [6.45, 7) is 2.07. The van der Waals surface area contributed by atoms with Crippen LogP contribution in [0.3, 0.4) is 0 Å². The van der Waals surface area contributed by atoms with Gasteiger partial charge in [-0.15, -0.1) is 12.4 Å². The van der Waals surface area contributed by atoms with Crippen LogP contribution in [-0.4, -0.2) is 23.5 Å². The van der Waals surface area contributed by atoms with Crippen LogP contribution in [0.25, 0.3) is 0 Å². The zero-order chi connectivity index (χ0) is 14.7. The first-order valence-electron chi connectivity index (χ1n) is 6.61. The number of aromatic nitrogens is 1. The number of pyridine rings is 1. The summed E-state index contributed by atoms with van der Waals surface area (Å²) in [5.41, 5.74) is 5.10. The molecule has 1 aliphatic rings. The number of hydrogen-bond donors (Lipinski definition) is 1. The van der Waals surface area contributed by atoms with Crippen LogP contribution in [-0.2, 0) is 4.74 Å². The minimum absolute atomic E-state index is 0. The molecule has 0 atom stereocenters. The van der Waals surface area contributed by atoms with Gasteiger partial charge in [-0.2, -0.15) is 5.01 Å². The Hall–Kier alpha value is -2.60. The number of benzene rings is 1. The second-order valence-electron chi connectivity index (χ2n) is 4.34. The molecule has 0 bridgehead atoms. The first-order valence-corrected chi connectivity index (χ1v) is 6.61. The molecule has 7 heteroatoms. The summed E-state index contributed by atoms with van der Waals surface area (Å²) in [6.07, 6.45) is 2.74. The molecule has 3 rings (SSSR count). The van der Waals surface area contributed by atoms with Gasteiger partial charge >= 0.3 is 6.09 Å². The molecular weight excluding hydrogens is 304 g/mol. The van der Waals surface area contributed by atoms with Crippen molar-refractivity contribution in [2.45, 2.75) is 6.92 Å². The molecule has 6 nitrogen and oxygen atoms in total. The minimum atomic E-state index is -0.478. The van der Waals surface area contributed by atoms with Gasteiger partial charge in [0.25, 0.3) is 0 Å². The fourth-order valence-electron chi connectivity index (χ4n) is 2.02. The maximum Gasteiger partial charge on any atom is 0.433 e. The van der Waals surface area contributed by atoms with E-state index in [1.165, 1.54) is 5.01 Å². The minimum Gasteiger partial charge on any atom is -0.448 e. The normalized spacial score (nSPS) is 12.4. The fourth-order valence-corrected chi connectivity index (χ4v) is 2.02. The summed E-state index contributed by atoms with van der Waals surface area (Å²) in [7, 11) is 0. The van der Waals surface area contributed by atoms with Gasteiger partial charge in [-0.3, -0.25) is 10.4 Å². The Morgan fingerprint density at radius 2 is 2.05 bits per heavy atom. The van der Waals surface area contributed by atoms with Gasteiger partial charge in [-0.05, 0) is 13.0 Å². The van der Waals surface area contributed by atoms with Gasteiger partial charge in [0.15, 0.2) is 5.84 Å². The van der Waals surface area contributed by atoms with Gasteiger partial charge in [-0.1, -0.05) is 30.3 Å². The Kier molecular flexibility index (Phi) is 4.95. The van der Waals surface area contributed by atoms with Crippen LogP contribution in [0, 0.1) is 0 Å². The SMILES string of the molecule is CCOC(=O)N1NC(c2ccccc2)=Nc2cnccc21.Cl. The molecule has 0 aliphatic carbocycles. The van der Waals surface area contributed by atoms with Crippen LogP contribution >= 0.6 is 12.4 Å². The number of nitrogens with zero attached hydrogens (tertiary/aromatic N) is 3. The zero-order valence-corrected chi connectivity index (χ0v) is 12.7. The second-order valence-corrected chi connectivity index (χ2v) is 4.34. The van der Waals surface area contributed by atoms with E-state index in [1.54, 1.807) is 25.4 Å². The Bertz CT molecular complexity index is 691. The van der Waals surface area contributed by atoms with Crippen LogP contribution in [0.5, 0.6) is 0 Å². The number of ether oxygens (including phenoxy) is 1. The van der Waals surface area contributed by atoms with Gasteiger partial charge in [0.2, 0.25) is 0 Å². The lowest BCUT2D eigenvalue weighted by molar-refractivity contribution is 0.158. The number of amides is 1. The summed E-state index contributed by atoms with van der Waals surface area (Å²) in [5, 5.41) is 1.34. The molecule has 1 amide bonds. The number of amidine groups is 1. The van der Waals surface area contributed by atoms with Crippen LogP contribution in [0.15, 0.2) is 53.8 Å². The molecule has 0 radical (unpaired) electrons. The van der Waals surface area contributed by atoms with Crippen molar-refractivity contribution in [3.8, 4) is 0 Å². The third kappa shape index (κ3) is 3.01. The number of rotatable bonds is 2. The molecule has 1 aromatic heterocycles. The lowest BCUT2D eigenvalue weighted by Crippen LogP contribution is -2.48. The van der Waals surface area contributed by atoms with Crippen molar-refractivity contribution in [2.75, 3.05) is 11.6 Å². The lowest BCUT2D eigenvalue weighted by atomic mass is 10.2. The number of hydrogen-bond acceptors (Lipinski definition) is 5. The first-order chi connectivity index (χ1) is 10.3. The van der Waals surface area contributed by atoms with Gasteiger partial charge < -0.3 is 4.74 Å². The molecule has 0 unspecified atom stereocenters. The number of aliphatic imine (C=N–C) groups is 1. The second kappa shape index (κ2) is 6.91. The number of halogens is 1. The summed E-state index contributed by atoms with van der Waals surface area (Å²) in [5.74, 6) is 0.573. The molecule has 1 aliphatic heterocycles. The van der Waals surface area contributed by atoms with Gasteiger partial charge in [0, 0.05) is 11.8 Å². The lowest BCUT2D eigenvalue weighted by Gasteiger charge is -2.28. The van der Waals surface area contributed by atoms with Crippen LogP contribution < -0.4 is 10.4 Å². The molecule has 2 heterocycles. The van der Waals surface area contributed by atoms with E-state index in [0.29, 0.717) is 23.8 Å². The molecule has 22 heavy (non-hydrogen) atoms. The van der Waals surface area contributed by atoms with Crippen molar-refractivity contribution in [3.05, 3.63) is 54.4 Å². The van der Waals surface area contributed by atoms with Crippen molar-refractivity contribution in [2.24, 2.45) is 4.99 Å². The first kappa shape index (κ1) is 15.8. The highest BCUT2D eigenvalue weighted by Gasteiger charge is 2.26. The van der Waals surface area contributed by atoms with Crippen LogP contribution in [0.4, 0.5) is 16.2 Å². The summed E-state index contributed by atoms with van der Waals surface area (Å²) >= 11 is 0. The predicted octanol–water partition coefficient (Wildman–Crippen LogP) is 3.06. The highest BCUT2D eigenvalue weighted by molar-refractivity contribution is 6.08. The number of anilines is 1. The maximum absolute atomic E-state index is 12.1. The van der Waals surface area contributed by atoms with E-state index in [9.17, 15) is 4.79 Å². The maximum atomic E-state index is 12.1. The van der Waals surface area contributed by atoms with E-state index in [-0.39, 0.29) is 12.4 Å². The van der Waals surface area contributed by atoms with Crippen molar-refractivity contribution in [3.63, 3.8) is 0 Å². The van der Waals surface area contributed by atoms with Gasteiger partial charge in [-0.25, -0.2) is 9.79 Å². The van der Waals surface area contributed by atoms with E-state index in [2.05, 4.69) is 15.4 Å². The van der Waals surface area contributed by atoms with Crippen molar-refractivity contribution in [1.82, 2.24) is 10.4 Å².